The molecular formula is C17H17Cl2NO2. The molecule has 2 aromatic carbocycles. The second kappa shape index (κ2) is 8.06. The van der Waals surface area contributed by atoms with E-state index in [1.54, 1.807) is 18.2 Å². The number of rotatable bonds is 6. The second-order valence-corrected chi connectivity index (χ2v) is 5.88. The van der Waals surface area contributed by atoms with Crippen LogP contribution in [0.1, 0.15) is 18.4 Å². The Bertz CT molecular complexity index is 612. The van der Waals surface area contributed by atoms with Crippen LogP contribution in [0.3, 0.4) is 0 Å². The zero-order valence-electron chi connectivity index (χ0n) is 12.2. The molecule has 2 rings (SSSR count). The molecule has 0 saturated carbocycles. The van der Waals surface area contributed by atoms with E-state index in [2.05, 4.69) is 12.2 Å². The van der Waals surface area contributed by atoms with Crippen LogP contribution >= 0.6 is 23.2 Å². The van der Waals surface area contributed by atoms with Crippen LogP contribution in [0.15, 0.2) is 48.5 Å². The number of halogens is 2. The van der Waals surface area contributed by atoms with Crippen molar-refractivity contribution in [2.75, 3.05) is 13.2 Å². The molecule has 1 atom stereocenters. The molecule has 0 heterocycles. The van der Waals surface area contributed by atoms with Crippen molar-refractivity contribution < 1.29 is 9.53 Å². The molecule has 0 bridgehead atoms. The molecule has 5 heteroatoms. The molecule has 22 heavy (non-hydrogen) atoms. The van der Waals surface area contributed by atoms with Gasteiger partial charge in [-0.05, 0) is 29.7 Å². The Balaban J connectivity index is 1.78. The summed E-state index contributed by atoms with van der Waals surface area (Å²) in [4.78, 5) is 11.8. The highest BCUT2D eigenvalue weighted by molar-refractivity contribution is 6.34. The molecule has 2 aromatic rings. The van der Waals surface area contributed by atoms with Crippen LogP contribution in [-0.2, 0) is 4.79 Å². The van der Waals surface area contributed by atoms with Crippen molar-refractivity contribution >= 4 is 29.1 Å². The largest absolute Gasteiger partial charge is 0.484 e. The molecule has 0 saturated heterocycles. The van der Waals surface area contributed by atoms with E-state index in [0.717, 1.165) is 0 Å². The maximum absolute atomic E-state index is 11.8. The van der Waals surface area contributed by atoms with E-state index in [1.807, 2.05) is 30.3 Å². The lowest BCUT2D eigenvalue weighted by Crippen LogP contribution is -2.31. The van der Waals surface area contributed by atoms with Gasteiger partial charge < -0.3 is 10.1 Å². The highest BCUT2D eigenvalue weighted by Gasteiger charge is 2.08. The van der Waals surface area contributed by atoms with Gasteiger partial charge in [0.25, 0.3) is 5.91 Å². The predicted octanol–water partition coefficient (Wildman–Crippen LogP) is 4.29. The van der Waals surface area contributed by atoms with E-state index in [1.165, 1.54) is 5.56 Å². The van der Waals surface area contributed by atoms with Crippen LogP contribution in [0, 0.1) is 0 Å². The predicted molar refractivity (Wildman–Crippen MR) is 89.8 cm³/mol. The summed E-state index contributed by atoms with van der Waals surface area (Å²) in [5.41, 5.74) is 1.19. The van der Waals surface area contributed by atoms with E-state index < -0.39 is 0 Å². The number of benzene rings is 2. The maximum Gasteiger partial charge on any atom is 0.257 e. The van der Waals surface area contributed by atoms with Gasteiger partial charge >= 0.3 is 0 Å². The Labute approximate surface area is 140 Å². The summed E-state index contributed by atoms with van der Waals surface area (Å²) >= 11 is 11.7. The molecule has 0 aliphatic carbocycles. The van der Waals surface area contributed by atoms with E-state index in [0.29, 0.717) is 22.3 Å². The molecular weight excluding hydrogens is 321 g/mol. The van der Waals surface area contributed by atoms with Gasteiger partial charge in [-0.3, -0.25) is 4.79 Å². The van der Waals surface area contributed by atoms with Crippen LogP contribution in [0.5, 0.6) is 5.75 Å². The van der Waals surface area contributed by atoms with Crippen molar-refractivity contribution in [3.8, 4) is 5.75 Å². The fourth-order valence-corrected chi connectivity index (χ4v) is 2.48. The lowest BCUT2D eigenvalue weighted by atomic mass is 10.0. The molecule has 0 aromatic heterocycles. The molecule has 0 unspecified atom stereocenters. The Morgan fingerprint density at radius 1 is 1.14 bits per heavy atom. The molecule has 0 spiro atoms. The highest BCUT2D eigenvalue weighted by Crippen LogP contribution is 2.24. The summed E-state index contributed by atoms with van der Waals surface area (Å²) in [6, 6.07) is 14.9. The van der Waals surface area contributed by atoms with E-state index in [-0.39, 0.29) is 18.4 Å². The standard InChI is InChI=1S/C17H17Cl2NO2/c1-12(13-5-3-2-4-6-13)10-20-17(21)11-22-16-8-14(18)7-15(19)9-16/h2-9,12H,10-11H2,1H3,(H,20,21)/t12-/m0/s1. The summed E-state index contributed by atoms with van der Waals surface area (Å²) < 4.78 is 5.39. The summed E-state index contributed by atoms with van der Waals surface area (Å²) in [6.45, 7) is 2.55. The first kappa shape index (κ1) is 16.7. The highest BCUT2D eigenvalue weighted by atomic mass is 35.5. The van der Waals surface area contributed by atoms with Gasteiger partial charge in [0, 0.05) is 16.6 Å². The van der Waals surface area contributed by atoms with E-state index in [4.69, 9.17) is 27.9 Å². The van der Waals surface area contributed by atoms with Gasteiger partial charge in [-0.25, -0.2) is 0 Å². The average molecular weight is 338 g/mol. The van der Waals surface area contributed by atoms with Crippen molar-refractivity contribution in [2.24, 2.45) is 0 Å². The number of hydrogen-bond donors (Lipinski definition) is 1. The molecule has 3 nitrogen and oxygen atoms in total. The van der Waals surface area contributed by atoms with Gasteiger partial charge in [0.15, 0.2) is 6.61 Å². The van der Waals surface area contributed by atoms with Gasteiger partial charge in [-0.15, -0.1) is 0 Å². The lowest BCUT2D eigenvalue weighted by Gasteiger charge is -2.13. The first-order valence-electron chi connectivity index (χ1n) is 6.95. The Morgan fingerprint density at radius 3 is 2.41 bits per heavy atom. The minimum absolute atomic E-state index is 0.0712. The SMILES string of the molecule is C[C@@H](CNC(=O)COc1cc(Cl)cc(Cl)c1)c1ccccc1. The molecule has 0 aliphatic rings. The minimum Gasteiger partial charge on any atom is -0.484 e. The average Bonchev–Trinajstić information content (AvgIpc) is 2.50. The quantitative estimate of drug-likeness (QED) is 0.853. The van der Waals surface area contributed by atoms with E-state index >= 15 is 0 Å². The number of carbonyl (C=O) groups is 1. The van der Waals surface area contributed by atoms with Crippen molar-refractivity contribution in [1.82, 2.24) is 5.32 Å². The van der Waals surface area contributed by atoms with Gasteiger partial charge in [-0.1, -0.05) is 60.5 Å². The number of amides is 1. The van der Waals surface area contributed by atoms with Gasteiger partial charge in [-0.2, -0.15) is 0 Å². The van der Waals surface area contributed by atoms with Crippen molar-refractivity contribution in [2.45, 2.75) is 12.8 Å². The lowest BCUT2D eigenvalue weighted by molar-refractivity contribution is -0.123. The number of ether oxygens (including phenoxy) is 1. The van der Waals surface area contributed by atoms with Crippen molar-refractivity contribution in [1.29, 1.82) is 0 Å². The first-order valence-corrected chi connectivity index (χ1v) is 7.70. The smallest absolute Gasteiger partial charge is 0.257 e. The third-order valence-electron chi connectivity index (χ3n) is 3.18. The minimum atomic E-state index is -0.182. The van der Waals surface area contributed by atoms with Crippen LogP contribution in [0.25, 0.3) is 0 Å². The summed E-state index contributed by atoms with van der Waals surface area (Å²) in [6.07, 6.45) is 0. The molecule has 0 radical (unpaired) electrons. The fraction of sp³-hybridized carbons (Fsp3) is 0.235. The summed E-state index contributed by atoms with van der Waals surface area (Å²) in [5, 5.41) is 3.80. The normalized spacial score (nSPS) is 11.8. The second-order valence-electron chi connectivity index (χ2n) is 5.01. The molecule has 1 N–H and O–H groups in total. The summed E-state index contributed by atoms with van der Waals surface area (Å²) in [5.74, 6) is 0.536. The van der Waals surface area contributed by atoms with Gasteiger partial charge in [0.2, 0.25) is 0 Å². The van der Waals surface area contributed by atoms with Crippen molar-refractivity contribution in [3.05, 3.63) is 64.1 Å². The third kappa shape index (κ3) is 5.24. The first-order chi connectivity index (χ1) is 10.5. The van der Waals surface area contributed by atoms with Crippen LogP contribution in [0.2, 0.25) is 10.0 Å². The molecule has 1 amide bonds. The van der Waals surface area contributed by atoms with E-state index in [9.17, 15) is 4.79 Å². The van der Waals surface area contributed by atoms with Gasteiger partial charge in [0.05, 0.1) is 0 Å². The molecule has 116 valence electrons. The fourth-order valence-electron chi connectivity index (χ4n) is 1.98. The maximum atomic E-state index is 11.8. The third-order valence-corrected chi connectivity index (χ3v) is 3.62. The zero-order chi connectivity index (χ0) is 15.9. The number of carbonyl (C=O) groups excluding carboxylic acids is 1. The van der Waals surface area contributed by atoms with Crippen LogP contribution in [0.4, 0.5) is 0 Å². The number of hydrogen-bond acceptors (Lipinski definition) is 2. The molecule has 0 fully saturated rings. The van der Waals surface area contributed by atoms with Gasteiger partial charge in [0.1, 0.15) is 5.75 Å². The van der Waals surface area contributed by atoms with Crippen LogP contribution < -0.4 is 10.1 Å². The zero-order valence-corrected chi connectivity index (χ0v) is 13.7. The Hall–Kier alpha value is -1.71. The van der Waals surface area contributed by atoms with Crippen molar-refractivity contribution in [3.63, 3.8) is 0 Å². The molecule has 0 aliphatic heterocycles. The Morgan fingerprint density at radius 2 is 1.77 bits per heavy atom. The van der Waals surface area contributed by atoms with Crippen LogP contribution in [-0.4, -0.2) is 19.1 Å². The Kier molecular flexibility index (Phi) is 6.10. The monoisotopic (exact) mass is 337 g/mol. The number of nitrogens with one attached hydrogen (secondary N) is 1. The topological polar surface area (TPSA) is 38.3 Å². The summed E-state index contributed by atoms with van der Waals surface area (Å²) in [7, 11) is 0.